The smallest absolute Gasteiger partial charge is 0.310 e. The van der Waals surface area contributed by atoms with Crippen molar-refractivity contribution >= 4 is 21.9 Å². The number of alkyl halides is 1. The molecule has 96 valence electrons. The van der Waals surface area contributed by atoms with E-state index in [1.165, 1.54) is 0 Å². The van der Waals surface area contributed by atoms with E-state index in [9.17, 15) is 10.1 Å². The number of ether oxygens (including phenoxy) is 1. The van der Waals surface area contributed by atoms with Crippen molar-refractivity contribution in [3.63, 3.8) is 0 Å². The Morgan fingerprint density at radius 2 is 2.06 bits per heavy atom. The first-order valence-corrected chi connectivity index (χ1v) is 7.04. The first kappa shape index (κ1) is 14.7. The Labute approximate surface area is 116 Å². The summed E-state index contributed by atoms with van der Waals surface area (Å²) in [5, 5.41) is 9.82. The summed E-state index contributed by atoms with van der Waals surface area (Å²) in [6, 6.07) is 6.10. The maximum Gasteiger partial charge on any atom is 0.310 e. The van der Waals surface area contributed by atoms with Gasteiger partial charge in [-0.3, -0.25) is 4.79 Å². The van der Waals surface area contributed by atoms with Gasteiger partial charge in [-0.15, -0.1) is 0 Å². The topological polar surface area (TPSA) is 50.1 Å². The van der Waals surface area contributed by atoms with Crippen molar-refractivity contribution in [2.45, 2.75) is 32.0 Å². The highest BCUT2D eigenvalue weighted by Crippen LogP contribution is 2.21. The van der Waals surface area contributed by atoms with E-state index in [2.05, 4.69) is 22.0 Å². The first-order valence-electron chi connectivity index (χ1n) is 5.92. The lowest BCUT2D eigenvalue weighted by molar-refractivity contribution is -0.142. The van der Waals surface area contributed by atoms with Crippen molar-refractivity contribution in [1.82, 2.24) is 0 Å². The molecule has 0 aliphatic heterocycles. The fourth-order valence-electron chi connectivity index (χ4n) is 1.80. The van der Waals surface area contributed by atoms with Crippen LogP contribution >= 0.6 is 15.9 Å². The number of hydrogen-bond acceptors (Lipinski definition) is 3. The molecule has 3 nitrogen and oxygen atoms in total. The highest BCUT2D eigenvalue weighted by atomic mass is 79.9. The first-order chi connectivity index (χ1) is 8.65. The van der Waals surface area contributed by atoms with Crippen LogP contribution in [0.15, 0.2) is 12.1 Å². The predicted octanol–water partition coefficient (Wildman–Crippen LogP) is 3.12. The van der Waals surface area contributed by atoms with Crippen LogP contribution in [0.5, 0.6) is 0 Å². The maximum atomic E-state index is 11.5. The molecular weight excluding hydrogens is 294 g/mol. The molecule has 0 amide bonds. The van der Waals surface area contributed by atoms with Crippen LogP contribution in [0.1, 0.15) is 36.1 Å². The van der Waals surface area contributed by atoms with Crippen LogP contribution in [0.3, 0.4) is 0 Å². The molecule has 0 aliphatic carbocycles. The Kier molecular flexibility index (Phi) is 5.87. The fourth-order valence-corrected chi connectivity index (χ4v) is 2.24. The lowest BCUT2D eigenvalue weighted by Gasteiger charge is -2.10. The average Bonchev–Trinajstić information content (AvgIpc) is 2.37. The number of nitrogens with zero attached hydrogens (tertiary/aromatic N) is 1. The van der Waals surface area contributed by atoms with Crippen molar-refractivity contribution in [2.75, 3.05) is 6.61 Å². The molecule has 0 fully saturated rings. The van der Waals surface area contributed by atoms with Gasteiger partial charge < -0.3 is 4.74 Å². The molecule has 0 N–H and O–H groups in total. The van der Waals surface area contributed by atoms with Gasteiger partial charge >= 0.3 is 5.97 Å². The molecule has 4 heteroatoms. The Morgan fingerprint density at radius 1 is 1.39 bits per heavy atom. The number of esters is 1. The maximum absolute atomic E-state index is 11.5. The molecule has 0 atom stereocenters. The standard InChI is InChI=1S/C14H16BrNO2/c1-3-10-5-11(7-14(17)18-4-2)13(9-16)12(6-10)8-15/h5-6H,3-4,7-8H2,1-2H3. The summed E-state index contributed by atoms with van der Waals surface area (Å²) in [6.45, 7) is 4.18. The summed E-state index contributed by atoms with van der Waals surface area (Å²) in [5.74, 6) is -0.289. The van der Waals surface area contributed by atoms with Gasteiger partial charge in [-0.2, -0.15) is 5.26 Å². The number of aryl methyl sites for hydroxylation is 1. The monoisotopic (exact) mass is 309 g/mol. The van der Waals surface area contributed by atoms with E-state index in [1.807, 2.05) is 19.1 Å². The molecule has 0 radical (unpaired) electrons. The number of halogens is 1. The molecule has 1 rings (SSSR count). The Bertz CT molecular complexity index is 477. The fraction of sp³-hybridized carbons (Fsp3) is 0.429. The van der Waals surface area contributed by atoms with Crippen LogP contribution in [0.25, 0.3) is 0 Å². The molecule has 0 aliphatic rings. The van der Waals surface area contributed by atoms with E-state index in [1.54, 1.807) is 6.92 Å². The van der Waals surface area contributed by atoms with Crippen LogP contribution in [0, 0.1) is 11.3 Å². The van der Waals surface area contributed by atoms with Gasteiger partial charge in [0.05, 0.1) is 24.7 Å². The van der Waals surface area contributed by atoms with Crippen molar-refractivity contribution in [2.24, 2.45) is 0 Å². The summed E-state index contributed by atoms with van der Waals surface area (Å²) < 4.78 is 4.93. The number of hydrogen-bond donors (Lipinski definition) is 0. The zero-order valence-electron chi connectivity index (χ0n) is 10.6. The quantitative estimate of drug-likeness (QED) is 0.620. The molecule has 0 saturated heterocycles. The molecule has 0 spiro atoms. The Balaban J connectivity index is 3.15. The summed E-state index contributed by atoms with van der Waals surface area (Å²) in [4.78, 5) is 11.5. The van der Waals surface area contributed by atoms with Gasteiger partial charge in [0.1, 0.15) is 0 Å². The third-order valence-electron chi connectivity index (χ3n) is 2.67. The zero-order chi connectivity index (χ0) is 13.5. The lowest BCUT2D eigenvalue weighted by atomic mass is 9.96. The second kappa shape index (κ2) is 7.17. The largest absolute Gasteiger partial charge is 0.466 e. The molecule has 0 bridgehead atoms. The van der Waals surface area contributed by atoms with E-state index < -0.39 is 0 Å². The van der Waals surface area contributed by atoms with Gasteiger partial charge in [-0.1, -0.05) is 35.0 Å². The van der Waals surface area contributed by atoms with E-state index in [-0.39, 0.29) is 12.4 Å². The summed E-state index contributed by atoms with van der Waals surface area (Å²) in [5.41, 5.74) is 3.39. The van der Waals surface area contributed by atoms with E-state index in [4.69, 9.17) is 4.74 Å². The minimum Gasteiger partial charge on any atom is -0.466 e. The molecule has 18 heavy (non-hydrogen) atoms. The number of carbonyl (C=O) groups is 1. The van der Waals surface area contributed by atoms with E-state index in [0.29, 0.717) is 17.5 Å². The third kappa shape index (κ3) is 3.58. The lowest BCUT2D eigenvalue weighted by Crippen LogP contribution is -2.10. The minimum atomic E-state index is -0.289. The number of benzene rings is 1. The number of rotatable bonds is 5. The molecule has 0 heterocycles. The van der Waals surface area contributed by atoms with Crippen LogP contribution in [0.2, 0.25) is 0 Å². The molecule has 0 unspecified atom stereocenters. The number of nitriles is 1. The predicted molar refractivity (Wildman–Crippen MR) is 73.5 cm³/mol. The van der Waals surface area contributed by atoms with Gasteiger partial charge in [-0.25, -0.2) is 0 Å². The molecule has 0 aromatic heterocycles. The second-order valence-corrected chi connectivity index (χ2v) is 4.43. The normalized spacial score (nSPS) is 9.89. The average molecular weight is 310 g/mol. The minimum absolute atomic E-state index is 0.157. The number of carbonyl (C=O) groups excluding carboxylic acids is 1. The van der Waals surface area contributed by atoms with Gasteiger partial charge in [0, 0.05) is 5.33 Å². The van der Waals surface area contributed by atoms with Crippen molar-refractivity contribution in [3.05, 3.63) is 34.4 Å². The van der Waals surface area contributed by atoms with Crippen LogP contribution in [0.4, 0.5) is 0 Å². The molecular formula is C14H16BrNO2. The summed E-state index contributed by atoms with van der Waals surface area (Å²) in [7, 11) is 0. The molecule has 1 aromatic carbocycles. The van der Waals surface area contributed by atoms with Crippen LogP contribution in [-0.2, 0) is 27.7 Å². The third-order valence-corrected chi connectivity index (χ3v) is 3.27. The molecule has 1 aromatic rings. The van der Waals surface area contributed by atoms with Gasteiger partial charge in [0.25, 0.3) is 0 Å². The second-order valence-electron chi connectivity index (χ2n) is 3.87. The summed E-state index contributed by atoms with van der Waals surface area (Å²) in [6.07, 6.45) is 1.03. The van der Waals surface area contributed by atoms with E-state index in [0.717, 1.165) is 23.1 Å². The Hall–Kier alpha value is -1.34. The van der Waals surface area contributed by atoms with Crippen molar-refractivity contribution < 1.29 is 9.53 Å². The van der Waals surface area contributed by atoms with Crippen molar-refractivity contribution in [1.29, 1.82) is 5.26 Å². The van der Waals surface area contributed by atoms with Crippen molar-refractivity contribution in [3.8, 4) is 6.07 Å². The summed E-state index contributed by atoms with van der Waals surface area (Å²) >= 11 is 3.38. The van der Waals surface area contributed by atoms with Crippen LogP contribution < -0.4 is 0 Å². The van der Waals surface area contributed by atoms with E-state index >= 15 is 0 Å². The highest BCUT2D eigenvalue weighted by molar-refractivity contribution is 9.08. The highest BCUT2D eigenvalue weighted by Gasteiger charge is 2.13. The molecule has 0 saturated carbocycles. The van der Waals surface area contributed by atoms with Gasteiger partial charge in [0.2, 0.25) is 0 Å². The Morgan fingerprint density at radius 3 is 2.56 bits per heavy atom. The van der Waals surface area contributed by atoms with Gasteiger partial charge in [0.15, 0.2) is 0 Å². The van der Waals surface area contributed by atoms with Crippen LogP contribution in [-0.4, -0.2) is 12.6 Å². The zero-order valence-corrected chi connectivity index (χ0v) is 12.2. The van der Waals surface area contributed by atoms with Gasteiger partial charge in [-0.05, 0) is 30.0 Å². The SMILES string of the molecule is CCOC(=O)Cc1cc(CC)cc(CBr)c1C#N.